The van der Waals surface area contributed by atoms with Crippen molar-refractivity contribution >= 4 is 50.2 Å². The summed E-state index contributed by atoms with van der Waals surface area (Å²) in [5.74, 6) is 0. The fourth-order valence-corrected chi connectivity index (χ4v) is 3.98. The molecule has 3 heteroatoms. The van der Waals surface area contributed by atoms with Gasteiger partial charge in [0.2, 0.25) is 0 Å². The summed E-state index contributed by atoms with van der Waals surface area (Å²) >= 11 is 0. The van der Waals surface area contributed by atoms with E-state index in [1.54, 1.807) is 4.40 Å². The molecule has 0 amide bonds. The van der Waals surface area contributed by atoms with E-state index in [0.717, 1.165) is 43.4 Å². The molecule has 0 radical (unpaired) electrons. The quantitative estimate of drug-likeness (QED) is 0.337. The highest BCUT2D eigenvalue weighted by Gasteiger charge is 2.14. The van der Waals surface area contributed by atoms with Crippen molar-refractivity contribution in [3.63, 3.8) is 0 Å². The van der Waals surface area contributed by atoms with Crippen LogP contribution in [0.2, 0.25) is 0 Å². The van der Waals surface area contributed by atoms with E-state index in [1.807, 2.05) is 73.7 Å². The molecule has 3 nitrogen and oxygen atoms in total. The Balaban J connectivity index is 2.25. The Bertz CT molecular complexity index is 1470. The second-order valence-electron chi connectivity index (χ2n) is 6.40. The number of hydrogen-bond donors (Lipinski definition) is 0. The van der Waals surface area contributed by atoms with E-state index in [9.17, 15) is 4.79 Å². The SMILES string of the molecule is C=Cc1cccc2nc3c4cccc5cccc(c(=O)n3/c(=C/C)c12)c54. The number of aromatic nitrogens is 2. The monoisotopic (exact) mass is 336 g/mol. The van der Waals surface area contributed by atoms with Crippen LogP contribution in [-0.2, 0) is 0 Å². The zero-order valence-corrected chi connectivity index (χ0v) is 14.4. The molecule has 0 spiro atoms. The van der Waals surface area contributed by atoms with Crippen LogP contribution in [-0.4, -0.2) is 9.38 Å². The van der Waals surface area contributed by atoms with Crippen LogP contribution in [0.3, 0.4) is 0 Å². The van der Waals surface area contributed by atoms with Gasteiger partial charge < -0.3 is 0 Å². The summed E-state index contributed by atoms with van der Waals surface area (Å²) < 4.78 is 1.74. The number of pyridine rings is 1. The van der Waals surface area contributed by atoms with Crippen molar-refractivity contribution in [3.05, 3.63) is 82.4 Å². The fraction of sp³-hybridized carbons (Fsp3) is 0.0435. The molecular formula is C23H16N2O. The molecule has 0 saturated heterocycles. The summed E-state index contributed by atoms with van der Waals surface area (Å²) in [6.45, 7) is 5.87. The topological polar surface area (TPSA) is 34.4 Å². The summed E-state index contributed by atoms with van der Waals surface area (Å²) in [5.41, 5.74) is 2.50. The second-order valence-corrected chi connectivity index (χ2v) is 6.40. The number of fused-ring (bicyclic) bond motifs is 3. The van der Waals surface area contributed by atoms with Gasteiger partial charge in [0.1, 0.15) is 5.65 Å². The maximum absolute atomic E-state index is 13.4. The van der Waals surface area contributed by atoms with Crippen molar-refractivity contribution in [2.75, 3.05) is 0 Å². The normalized spacial score (nSPS) is 12.6. The van der Waals surface area contributed by atoms with Crippen molar-refractivity contribution in [1.29, 1.82) is 0 Å². The highest BCUT2D eigenvalue weighted by molar-refractivity contribution is 6.14. The molecule has 0 bridgehead atoms. The van der Waals surface area contributed by atoms with E-state index >= 15 is 0 Å². The first-order valence-corrected chi connectivity index (χ1v) is 8.62. The average molecular weight is 336 g/mol. The van der Waals surface area contributed by atoms with Crippen LogP contribution in [0.1, 0.15) is 12.5 Å². The highest BCUT2D eigenvalue weighted by Crippen LogP contribution is 2.27. The third-order valence-electron chi connectivity index (χ3n) is 5.08. The molecule has 0 unspecified atom stereocenters. The first-order chi connectivity index (χ1) is 12.7. The summed E-state index contributed by atoms with van der Waals surface area (Å²) in [5, 5.41) is 5.56. The third-order valence-corrected chi connectivity index (χ3v) is 5.08. The van der Waals surface area contributed by atoms with E-state index in [1.165, 1.54) is 0 Å². The lowest BCUT2D eigenvalue weighted by molar-refractivity contribution is 1.06. The number of nitrogens with zero attached hydrogens (tertiary/aromatic N) is 2. The van der Waals surface area contributed by atoms with Gasteiger partial charge >= 0.3 is 0 Å². The number of hydrogen-bond acceptors (Lipinski definition) is 2. The zero-order valence-electron chi connectivity index (χ0n) is 14.4. The molecule has 0 atom stereocenters. The predicted molar refractivity (Wildman–Crippen MR) is 109 cm³/mol. The Kier molecular flexibility index (Phi) is 3.01. The lowest BCUT2D eigenvalue weighted by atomic mass is 10.0. The predicted octanol–water partition coefficient (Wildman–Crippen LogP) is 4.32. The van der Waals surface area contributed by atoms with Crippen molar-refractivity contribution in [2.45, 2.75) is 6.92 Å². The molecule has 0 fully saturated rings. The molecule has 0 aliphatic rings. The lowest BCUT2D eigenvalue weighted by Gasteiger charge is -2.13. The van der Waals surface area contributed by atoms with E-state index in [4.69, 9.17) is 4.98 Å². The lowest BCUT2D eigenvalue weighted by Crippen LogP contribution is -2.29. The summed E-state index contributed by atoms with van der Waals surface area (Å²) in [6, 6.07) is 17.9. The van der Waals surface area contributed by atoms with Crippen LogP contribution >= 0.6 is 0 Å². The Morgan fingerprint density at radius 1 is 0.962 bits per heavy atom. The van der Waals surface area contributed by atoms with Gasteiger partial charge in [0.05, 0.1) is 10.9 Å². The van der Waals surface area contributed by atoms with Gasteiger partial charge in [0.15, 0.2) is 0 Å². The Morgan fingerprint density at radius 3 is 2.42 bits per heavy atom. The number of rotatable bonds is 1. The van der Waals surface area contributed by atoms with E-state index in [-0.39, 0.29) is 5.56 Å². The fourth-order valence-electron chi connectivity index (χ4n) is 3.98. The van der Waals surface area contributed by atoms with Gasteiger partial charge in [-0.1, -0.05) is 61.2 Å². The minimum atomic E-state index is -0.0364. The van der Waals surface area contributed by atoms with Crippen LogP contribution in [0.25, 0.3) is 50.2 Å². The average Bonchev–Trinajstić information content (AvgIpc) is 2.69. The molecule has 5 aromatic rings. The molecule has 124 valence electrons. The highest BCUT2D eigenvalue weighted by atomic mass is 16.1. The summed E-state index contributed by atoms with van der Waals surface area (Å²) in [7, 11) is 0. The second kappa shape index (κ2) is 5.27. The summed E-state index contributed by atoms with van der Waals surface area (Å²) in [4.78, 5) is 18.3. The van der Waals surface area contributed by atoms with Crippen molar-refractivity contribution in [1.82, 2.24) is 9.38 Å². The van der Waals surface area contributed by atoms with Crippen LogP contribution in [0, 0.1) is 0 Å². The molecule has 0 aliphatic carbocycles. The first kappa shape index (κ1) is 14.8. The Labute approximate surface area is 149 Å². The molecule has 2 aromatic heterocycles. The Morgan fingerprint density at radius 2 is 1.69 bits per heavy atom. The van der Waals surface area contributed by atoms with Crippen LogP contribution < -0.4 is 10.9 Å². The van der Waals surface area contributed by atoms with Crippen molar-refractivity contribution in [3.8, 4) is 0 Å². The third kappa shape index (κ3) is 1.77. The van der Waals surface area contributed by atoms with Crippen molar-refractivity contribution < 1.29 is 0 Å². The largest absolute Gasteiger partial charge is 0.268 e. The Hall–Kier alpha value is -3.46. The van der Waals surface area contributed by atoms with Gasteiger partial charge in [0, 0.05) is 21.5 Å². The maximum Gasteiger partial charge on any atom is 0.264 e. The molecule has 5 rings (SSSR count). The molecular weight excluding hydrogens is 320 g/mol. The first-order valence-electron chi connectivity index (χ1n) is 8.62. The van der Waals surface area contributed by atoms with E-state index in [2.05, 4.69) is 6.58 Å². The summed E-state index contributed by atoms with van der Waals surface area (Å²) in [6.07, 6.45) is 3.79. The van der Waals surface area contributed by atoms with Gasteiger partial charge in [-0.05, 0) is 30.0 Å². The van der Waals surface area contributed by atoms with E-state index < -0.39 is 0 Å². The van der Waals surface area contributed by atoms with E-state index in [0.29, 0.717) is 5.65 Å². The minimum absolute atomic E-state index is 0.0364. The maximum atomic E-state index is 13.4. The molecule has 26 heavy (non-hydrogen) atoms. The molecule has 0 saturated carbocycles. The minimum Gasteiger partial charge on any atom is -0.268 e. The van der Waals surface area contributed by atoms with Gasteiger partial charge in [0.25, 0.3) is 5.56 Å². The van der Waals surface area contributed by atoms with Gasteiger partial charge in [-0.2, -0.15) is 0 Å². The molecule has 3 aromatic carbocycles. The van der Waals surface area contributed by atoms with Crippen LogP contribution in [0.4, 0.5) is 0 Å². The number of benzene rings is 3. The molecule has 2 heterocycles. The van der Waals surface area contributed by atoms with Gasteiger partial charge in [-0.15, -0.1) is 0 Å². The van der Waals surface area contributed by atoms with Gasteiger partial charge in [-0.3, -0.25) is 9.20 Å². The molecule has 0 N–H and O–H groups in total. The van der Waals surface area contributed by atoms with Gasteiger partial charge in [-0.25, -0.2) is 4.98 Å². The zero-order chi connectivity index (χ0) is 17.8. The standard InChI is InChI=1S/C23H16N2O/c1-3-14-8-7-13-18-21(14)19(4-2)25-22(24-18)16-11-5-9-15-10-6-12-17(20(15)16)23(25)26/h3-13H,1H2,2H3/b19-4+. The smallest absolute Gasteiger partial charge is 0.264 e. The molecule has 0 aliphatic heterocycles. The van der Waals surface area contributed by atoms with Crippen LogP contribution in [0.15, 0.2) is 66.0 Å². The van der Waals surface area contributed by atoms with Crippen LogP contribution in [0.5, 0.6) is 0 Å². The van der Waals surface area contributed by atoms with Crippen molar-refractivity contribution in [2.24, 2.45) is 0 Å².